The fourth-order valence-electron chi connectivity index (χ4n) is 2.74. The molecule has 6 heteroatoms. The zero-order chi connectivity index (χ0) is 18.4. The molecule has 0 fully saturated rings. The topological polar surface area (TPSA) is 47.0 Å². The van der Waals surface area contributed by atoms with Gasteiger partial charge >= 0.3 is 0 Å². The van der Waals surface area contributed by atoms with Crippen LogP contribution in [0.4, 0.5) is 10.2 Å². The number of hydrogen-bond acceptors (Lipinski definition) is 4. The van der Waals surface area contributed by atoms with Gasteiger partial charge in [0.2, 0.25) is 0 Å². The van der Waals surface area contributed by atoms with Crippen LogP contribution in [0.3, 0.4) is 0 Å². The van der Waals surface area contributed by atoms with Crippen LogP contribution in [-0.2, 0) is 6.42 Å². The number of anilines is 1. The van der Waals surface area contributed by atoms with Gasteiger partial charge in [0.25, 0.3) is 5.88 Å². The summed E-state index contributed by atoms with van der Waals surface area (Å²) in [6.07, 6.45) is 2.61. The number of ether oxygens (including phenoxy) is 1. The fraction of sp³-hybridized carbons (Fsp3) is 0.474. The molecule has 1 heterocycles. The Morgan fingerprint density at radius 2 is 1.84 bits per heavy atom. The molecule has 0 saturated carbocycles. The molecule has 0 aliphatic rings. The Morgan fingerprint density at radius 1 is 1.16 bits per heavy atom. The minimum absolute atomic E-state index is 0.295. The smallest absolute Gasteiger partial charge is 0.257 e. The third-order valence-electron chi connectivity index (χ3n) is 4.24. The molecule has 4 nitrogen and oxygen atoms in total. The van der Waals surface area contributed by atoms with E-state index in [2.05, 4.69) is 24.1 Å². The van der Waals surface area contributed by atoms with Gasteiger partial charge in [-0.1, -0.05) is 56.6 Å². The second-order valence-electron chi connectivity index (χ2n) is 5.78. The summed E-state index contributed by atoms with van der Waals surface area (Å²) in [6, 6.07) is 7.36. The highest BCUT2D eigenvalue weighted by atomic mass is 35.5. The normalized spacial score (nSPS) is 12.3. The van der Waals surface area contributed by atoms with Crippen molar-refractivity contribution in [3.8, 4) is 17.1 Å². The molecule has 2 rings (SSSR count). The zero-order valence-corrected chi connectivity index (χ0v) is 15.9. The first kappa shape index (κ1) is 19.4. The van der Waals surface area contributed by atoms with Gasteiger partial charge in [-0.05, 0) is 19.3 Å². The molecule has 0 aliphatic carbocycles. The average Bonchev–Trinajstić information content (AvgIpc) is 2.65. The van der Waals surface area contributed by atoms with Crippen LogP contribution in [0.1, 0.15) is 50.5 Å². The molecule has 0 saturated heterocycles. The van der Waals surface area contributed by atoms with Crippen LogP contribution in [0.5, 0.6) is 5.88 Å². The van der Waals surface area contributed by atoms with Crippen molar-refractivity contribution in [2.75, 3.05) is 12.4 Å². The van der Waals surface area contributed by atoms with Gasteiger partial charge < -0.3 is 10.1 Å². The van der Waals surface area contributed by atoms with E-state index in [1.54, 1.807) is 25.3 Å². The maximum atomic E-state index is 13.8. The highest BCUT2D eigenvalue weighted by Crippen LogP contribution is 2.35. The van der Waals surface area contributed by atoms with E-state index < -0.39 is 5.63 Å². The van der Waals surface area contributed by atoms with Gasteiger partial charge in [0, 0.05) is 17.2 Å². The number of hydrogen-bond donors (Lipinski definition) is 1. The molecule has 0 bridgehead atoms. The molecule has 2 aromatic rings. The Bertz CT molecular complexity index is 705. The predicted octanol–water partition coefficient (Wildman–Crippen LogP) is 5.52. The highest BCUT2D eigenvalue weighted by Gasteiger charge is 2.20. The van der Waals surface area contributed by atoms with Crippen molar-refractivity contribution in [3.05, 3.63) is 35.5 Å². The summed E-state index contributed by atoms with van der Waals surface area (Å²) in [4.78, 5) is 9.33. The number of aromatic nitrogens is 2. The van der Waals surface area contributed by atoms with Crippen molar-refractivity contribution in [2.45, 2.75) is 51.7 Å². The quantitative estimate of drug-likeness (QED) is 0.625. The minimum atomic E-state index is -1.60. The average molecular weight is 366 g/mol. The number of methoxy groups -OCH3 is 1. The molecule has 0 spiro atoms. The first-order chi connectivity index (χ1) is 12.0. The van der Waals surface area contributed by atoms with E-state index in [1.807, 2.05) is 13.0 Å². The summed E-state index contributed by atoms with van der Waals surface area (Å²) in [5, 5.41) is 3.39. The maximum Gasteiger partial charge on any atom is 0.257 e. The number of halogens is 2. The van der Waals surface area contributed by atoms with Crippen LogP contribution in [0.15, 0.2) is 24.3 Å². The van der Waals surface area contributed by atoms with Gasteiger partial charge in [-0.2, -0.15) is 0 Å². The molecule has 0 aliphatic heterocycles. The molecule has 25 heavy (non-hydrogen) atoms. The number of benzene rings is 1. The second-order valence-corrected chi connectivity index (χ2v) is 6.16. The maximum absolute atomic E-state index is 13.8. The first-order valence-corrected chi connectivity index (χ1v) is 9.08. The number of aryl methyl sites for hydroxylation is 1. The Kier molecular flexibility index (Phi) is 7.00. The Balaban J connectivity index is 2.57. The molecule has 136 valence electrons. The number of rotatable bonds is 8. The summed E-state index contributed by atoms with van der Waals surface area (Å²) in [6.45, 7) is 6.24. The Morgan fingerprint density at radius 3 is 2.40 bits per heavy atom. The minimum Gasteiger partial charge on any atom is -0.478 e. The monoisotopic (exact) mass is 365 g/mol. The third-order valence-corrected chi connectivity index (χ3v) is 4.48. The highest BCUT2D eigenvalue weighted by molar-refractivity contribution is 6.20. The second kappa shape index (κ2) is 8.99. The summed E-state index contributed by atoms with van der Waals surface area (Å²) in [7, 11) is 1.56. The van der Waals surface area contributed by atoms with Crippen LogP contribution in [0.25, 0.3) is 11.3 Å². The van der Waals surface area contributed by atoms with E-state index in [0.29, 0.717) is 41.0 Å². The zero-order valence-electron chi connectivity index (χ0n) is 15.1. The largest absolute Gasteiger partial charge is 0.478 e. The fourth-order valence-corrected chi connectivity index (χ4v) is 2.93. The lowest BCUT2D eigenvalue weighted by molar-refractivity contribution is 0.397. The molecule has 1 atom stereocenters. The molecular formula is C19H25ClFN3O. The predicted molar refractivity (Wildman–Crippen MR) is 101 cm³/mol. The van der Waals surface area contributed by atoms with Gasteiger partial charge in [0.05, 0.1) is 18.5 Å². The number of nitrogens with one attached hydrogen (secondary N) is 1. The standard InChI is InChI=1S/C19H25ClFN3O/c1-5-12(6-2)22-18-19(25-4)24-16(15(7-3)23-18)13-10-8-9-11-14(13)17(20)21/h8-12,17H,5-7H2,1-4H3,(H,22,23). The van der Waals surface area contributed by atoms with Gasteiger partial charge in [-0.15, -0.1) is 0 Å². The number of alkyl halides is 2. The van der Waals surface area contributed by atoms with Gasteiger partial charge in [0.1, 0.15) is 0 Å². The molecule has 1 N–H and O–H groups in total. The van der Waals surface area contributed by atoms with Crippen molar-refractivity contribution >= 4 is 17.4 Å². The van der Waals surface area contributed by atoms with Crippen LogP contribution in [-0.4, -0.2) is 23.1 Å². The SMILES string of the molecule is CCc1nc(NC(CC)CC)c(OC)nc1-c1ccccc1C(F)Cl. The number of nitrogens with zero attached hydrogens (tertiary/aromatic N) is 2. The molecule has 0 amide bonds. The summed E-state index contributed by atoms with van der Waals surface area (Å²) >= 11 is 5.71. The van der Waals surface area contributed by atoms with E-state index in [4.69, 9.17) is 21.3 Å². The molecule has 0 radical (unpaired) electrons. The lowest BCUT2D eigenvalue weighted by Gasteiger charge is -2.19. The third kappa shape index (κ3) is 4.40. The van der Waals surface area contributed by atoms with Crippen molar-refractivity contribution in [1.29, 1.82) is 0 Å². The molecule has 1 unspecified atom stereocenters. The Labute approximate surface area is 153 Å². The van der Waals surface area contributed by atoms with Gasteiger partial charge in [-0.3, -0.25) is 0 Å². The lowest BCUT2D eigenvalue weighted by Crippen LogP contribution is -2.19. The summed E-state index contributed by atoms with van der Waals surface area (Å²) in [5.41, 5.74) is 0.807. The van der Waals surface area contributed by atoms with Gasteiger partial charge in [0.15, 0.2) is 11.4 Å². The molecular weight excluding hydrogens is 341 g/mol. The van der Waals surface area contributed by atoms with E-state index >= 15 is 0 Å². The van der Waals surface area contributed by atoms with Crippen LogP contribution >= 0.6 is 11.6 Å². The van der Waals surface area contributed by atoms with E-state index in [9.17, 15) is 4.39 Å². The van der Waals surface area contributed by atoms with Crippen molar-refractivity contribution in [2.24, 2.45) is 0 Å². The summed E-state index contributed by atoms with van der Waals surface area (Å²) < 4.78 is 19.2. The molecule has 1 aromatic heterocycles. The van der Waals surface area contributed by atoms with E-state index in [1.165, 1.54) is 0 Å². The first-order valence-electron chi connectivity index (χ1n) is 8.64. The molecule has 1 aromatic carbocycles. The van der Waals surface area contributed by atoms with Crippen LogP contribution in [0, 0.1) is 0 Å². The van der Waals surface area contributed by atoms with Crippen molar-refractivity contribution in [1.82, 2.24) is 9.97 Å². The van der Waals surface area contributed by atoms with Crippen molar-refractivity contribution in [3.63, 3.8) is 0 Å². The lowest BCUT2D eigenvalue weighted by atomic mass is 10.0. The Hall–Kier alpha value is -1.88. The van der Waals surface area contributed by atoms with Crippen molar-refractivity contribution < 1.29 is 9.13 Å². The van der Waals surface area contributed by atoms with Gasteiger partial charge in [-0.25, -0.2) is 14.4 Å². The van der Waals surface area contributed by atoms with Crippen LogP contribution < -0.4 is 10.1 Å². The van der Waals surface area contributed by atoms with Crippen LogP contribution in [0.2, 0.25) is 0 Å². The summed E-state index contributed by atoms with van der Waals surface area (Å²) in [5.74, 6) is 1.02. The van der Waals surface area contributed by atoms with E-state index in [-0.39, 0.29) is 0 Å². The van der Waals surface area contributed by atoms with E-state index in [0.717, 1.165) is 18.5 Å².